The first kappa shape index (κ1) is 18.7. The van der Waals surface area contributed by atoms with E-state index in [0.29, 0.717) is 5.75 Å². The normalized spacial score (nSPS) is 11.8. The number of nitrogens with zero attached hydrogens (tertiary/aromatic N) is 1. The third-order valence-electron chi connectivity index (χ3n) is 3.66. The van der Waals surface area contributed by atoms with E-state index < -0.39 is 25.5 Å². The van der Waals surface area contributed by atoms with Crippen molar-refractivity contribution in [3.63, 3.8) is 0 Å². The lowest BCUT2D eigenvalue weighted by Gasteiger charge is -2.21. The number of ether oxygens (including phenoxy) is 1. The molecule has 25 heavy (non-hydrogen) atoms. The maximum Gasteiger partial charge on any atom is 0.289 e. The summed E-state index contributed by atoms with van der Waals surface area (Å²) in [6.45, 7) is 5.99. The molecule has 0 saturated heterocycles. The van der Waals surface area contributed by atoms with E-state index in [9.17, 15) is 18.5 Å². The van der Waals surface area contributed by atoms with Gasteiger partial charge in [-0.15, -0.1) is 0 Å². The highest BCUT2D eigenvalue weighted by Gasteiger charge is 2.26. The maximum atomic E-state index is 12.7. The number of anilines is 1. The molecule has 134 valence electrons. The highest BCUT2D eigenvalue weighted by atomic mass is 32.2. The van der Waals surface area contributed by atoms with Crippen LogP contribution in [0.15, 0.2) is 47.4 Å². The number of nitrogens with one attached hydrogen (secondary N) is 1. The van der Waals surface area contributed by atoms with E-state index in [1.165, 1.54) is 25.3 Å². The third kappa shape index (κ3) is 4.08. The van der Waals surface area contributed by atoms with Crippen LogP contribution in [0.25, 0.3) is 0 Å². The Hall–Kier alpha value is -2.61. The van der Waals surface area contributed by atoms with Gasteiger partial charge in [-0.2, -0.15) is 0 Å². The standard InChI is InChI=1S/C17H20N2O5S/c1-17(2,3)12-9-10-15(24-4)13(11-12)18-25(22,23)16-8-6-5-7-14(16)19(20)21/h5-11,18H,1-4H3. The molecule has 0 heterocycles. The second-order valence-corrected chi connectivity index (χ2v) is 8.15. The summed E-state index contributed by atoms with van der Waals surface area (Å²) in [7, 11) is -2.73. The van der Waals surface area contributed by atoms with E-state index in [2.05, 4.69) is 4.72 Å². The molecule has 0 spiro atoms. The largest absolute Gasteiger partial charge is 0.495 e. The molecule has 0 fully saturated rings. The topological polar surface area (TPSA) is 98.5 Å². The molecule has 8 heteroatoms. The Morgan fingerprint density at radius 1 is 1.12 bits per heavy atom. The molecule has 0 saturated carbocycles. The van der Waals surface area contributed by atoms with Crippen LogP contribution < -0.4 is 9.46 Å². The molecule has 0 aliphatic heterocycles. The molecular weight excluding hydrogens is 344 g/mol. The summed E-state index contributed by atoms with van der Waals surface area (Å²) in [5, 5.41) is 11.1. The Labute approximate surface area is 146 Å². The van der Waals surface area contributed by atoms with Gasteiger partial charge in [-0.3, -0.25) is 14.8 Å². The molecule has 7 nitrogen and oxygen atoms in total. The summed E-state index contributed by atoms with van der Waals surface area (Å²) in [6, 6.07) is 10.4. The number of para-hydroxylation sites is 1. The lowest BCUT2D eigenvalue weighted by molar-refractivity contribution is -0.387. The first-order chi connectivity index (χ1) is 11.6. The molecule has 2 rings (SSSR count). The van der Waals surface area contributed by atoms with Gasteiger partial charge in [0.1, 0.15) is 5.75 Å². The van der Waals surface area contributed by atoms with Crippen LogP contribution in [0, 0.1) is 10.1 Å². The van der Waals surface area contributed by atoms with Crippen molar-refractivity contribution >= 4 is 21.4 Å². The molecule has 0 atom stereocenters. The number of hydrogen-bond donors (Lipinski definition) is 1. The molecule has 0 aliphatic carbocycles. The highest BCUT2D eigenvalue weighted by Crippen LogP contribution is 2.34. The average molecular weight is 364 g/mol. The van der Waals surface area contributed by atoms with E-state index in [1.54, 1.807) is 12.1 Å². The molecular formula is C17H20N2O5S. The zero-order valence-corrected chi connectivity index (χ0v) is 15.3. The quantitative estimate of drug-likeness (QED) is 0.644. The van der Waals surface area contributed by atoms with Gasteiger partial charge in [-0.05, 0) is 29.2 Å². The summed E-state index contributed by atoms with van der Waals surface area (Å²) in [5.41, 5.74) is 0.438. The molecule has 0 amide bonds. The molecule has 2 aromatic carbocycles. The number of sulfonamides is 1. The van der Waals surface area contributed by atoms with Crippen LogP contribution in [0.3, 0.4) is 0 Å². The van der Waals surface area contributed by atoms with Crippen molar-refractivity contribution in [3.8, 4) is 5.75 Å². The van der Waals surface area contributed by atoms with Crippen LogP contribution in [0.1, 0.15) is 26.3 Å². The maximum absolute atomic E-state index is 12.7. The van der Waals surface area contributed by atoms with Gasteiger partial charge in [0.05, 0.1) is 17.7 Å². The molecule has 0 bridgehead atoms. The number of benzene rings is 2. The van der Waals surface area contributed by atoms with Gasteiger partial charge in [-0.1, -0.05) is 39.0 Å². The van der Waals surface area contributed by atoms with Crippen LogP contribution in [0.4, 0.5) is 11.4 Å². The van der Waals surface area contributed by atoms with Crippen LogP contribution in [-0.4, -0.2) is 20.5 Å². The first-order valence-electron chi connectivity index (χ1n) is 7.51. The molecule has 0 radical (unpaired) electrons. The second-order valence-electron chi connectivity index (χ2n) is 6.50. The Morgan fingerprint density at radius 3 is 2.32 bits per heavy atom. The smallest absolute Gasteiger partial charge is 0.289 e. The van der Waals surface area contributed by atoms with E-state index in [0.717, 1.165) is 11.6 Å². The fourth-order valence-corrected chi connectivity index (χ4v) is 3.52. The van der Waals surface area contributed by atoms with E-state index in [1.807, 2.05) is 26.8 Å². The van der Waals surface area contributed by atoms with Crippen molar-refractivity contribution in [2.24, 2.45) is 0 Å². The molecule has 0 aromatic heterocycles. The average Bonchev–Trinajstić information content (AvgIpc) is 2.53. The third-order valence-corrected chi connectivity index (χ3v) is 5.07. The Balaban J connectivity index is 2.53. The zero-order chi connectivity index (χ0) is 18.8. The highest BCUT2D eigenvalue weighted by molar-refractivity contribution is 7.92. The summed E-state index contributed by atoms with van der Waals surface area (Å²) in [5.74, 6) is 0.329. The molecule has 2 aromatic rings. The summed E-state index contributed by atoms with van der Waals surface area (Å²) >= 11 is 0. The van der Waals surface area contributed by atoms with Crippen LogP contribution in [0.5, 0.6) is 5.75 Å². The molecule has 0 aliphatic rings. The van der Waals surface area contributed by atoms with E-state index in [4.69, 9.17) is 4.74 Å². The van der Waals surface area contributed by atoms with Gasteiger partial charge in [0.15, 0.2) is 4.90 Å². The van der Waals surface area contributed by atoms with Crippen molar-refractivity contribution in [2.45, 2.75) is 31.1 Å². The Bertz CT molecular complexity index is 901. The fourth-order valence-electron chi connectivity index (χ4n) is 2.29. The number of rotatable bonds is 5. The monoisotopic (exact) mass is 364 g/mol. The number of hydrogen-bond acceptors (Lipinski definition) is 5. The van der Waals surface area contributed by atoms with Crippen molar-refractivity contribution in [2.75, 3.05) is 11.8 Å². The van der Waals surface area contributed by atoms with Gasteiger partial charge < -0.3 is 4.74 Å². The number of methoxy groups -OCH3 is 1. The lowest BCUT2D eigenvalue weighted by atomic mass is 9.87. The molecule has 0 unspecified atom stereocenters. The zero-order valence-electron chi connectivity index (χ0n) is 14.4. The van der Waals surface area contributed by atoms with Crippen molar-refractivity contribution in [3.05, 3.63) is 58.1 Å². The Kier molecular flexibility index (Phi) is 5.03. The Morgan fingerprint density at radius 2 is 1.76 bits per heavy atom. The lowest BCUT2D eigenvalue weighted by Crippen LogP contribution is -2.17. The van der Waals surface area contributed by atoms with Crippen molar-refractivity contribution < 1.29 is 18.1 Å². The van der Waals surface area contributed by atoms with Gasteiger partial charge in [0, 0.05) is 6.07 Å². The second kappa shape index (κ2) is 6.72. The SMILES string of the molecule is COc1ccc(C(C)(C)C)cc1NS(=O)(=O)c1ccccc1[N+](=O)[O-]. The summed E-state index contributed by atoms with van der Waals surface area (Å²) < 4.78 is 33.0. The van der Waals surface area contributed by atoms with Crippen LogP contribution in [0.2, 0.25) is 0 Å². The summed E-state index contributed by atoms with van der Waals surface area (Å²) in [6.07, 6.45) is 0. The predicted octanol–water partition coefficient (Wildman–Crippen LogP) is 3.70. The van der Waals surface area contributed by atoms with Gasteiger partial charge in [0.2, 0.25) is 0 Å². The number of nitro benzene ring substituents is 1. The van der Waals surface area contributed by atoms with E-state index >= 15 is 0 Å². The minimum atomic E-state index is -4.16. The molecule has 1 N–H and O–H groups in total. The van der Waals surface area contributed by atoms with Crippen molar-refractivity contribution in [1.82, 2.24) is 0 Å². The van der Waals surface area contributed by atoms with Gasteiger partial charge in [-0.25, -0.2) is 8.42 Å². The van der Waals surface area contributed by atoms with Crippen molar-refractivity contribution in [1.29, 1.82) is 0 Å². The minimum Gasteiger partial charge on any atom is -0.495 e. The fraction of sp³-hybridized carbons (Fsp3) is 0.294. The summed E-state index contributed by atoms with van der Waals surface area (Å²) in [4.78, 5) is 9.99. The van der Waals surface area contributed by atoms with Crippen LogP contribution >= 0.6 is 0 Å². The van der Waals surface area contributed by atoms with E-state index in [-0.39, 0.29) is 11.1 Å². The first-order valence-corrected chi connectivity index (χ1v) is 8.99. The van der Waals surface area contributed by atoms with Crippen LogP contribution in [-0.2, 0) is 15.4 Å². The van der Waals surface area contributed by atoms with Gasteiger partial charge in [0.25, 0.3) is 15.7 Å². The minimum absolute atomic E-state index is 0.203. The van der Waals surface area contributed by atoms with Gasteiger partial charge >= 0.3 is 0 Å². The predicted molar refractivity (Wildman–Crippen MR) is 95.6 cm³/mol. The number of nitro groups is 1.